The van der Waals surface area contributed by atoms with E-state index in [2.05, 4.69) is 70.5 Å². The Hall–Kier alpha value is -2.58. The van der Waals surface area contributed by atoms with Crippen LogP contribution in [0.4, 0.5) is 0 Å². The molecule has 0 unspecified atom stereocenters. The molecule has 0 amide bonds. The highest BCUT2D eigenvalue weighted by Gasteiger charge is 2.25. The predicted octanol–water partition coefficient (Wildman–Crippen LogP) is 2.57. The second-order valence-corrected chi connectivity index (χ2v) is 7.69. The van der Waals surface area contributed by atoms with Gasteiger partial charge in [0.2, 0.25) is 0 Å². The van der Waals surface area contributed by atoms with Crippen molar-refractivity contribution in [2.75, 3.05) is 0 Å². The average molecular weight is 488 g/mol. The molecule has 3 aromatic carbocycles. The van der Waals surface area contributed by atoms with Crippen LogP contribution in [0, 0.1) is 10.2 Å². The quantitative estimate of drug-likeness (QED) is 0.413. The Morgan fingerprint density at radius 2 is 1.00 bits per heavy atom. The number of benzene rings is 3. The van der Waals surface area contributed by atoms with E-state index >= 15 is 0 Å². The molecule has 7 heteroatoms. The molecule has 4 rings (SSSR count). The minimum Gasteiger partial charge on any atom is -0.222 e. The third-order valence-corrected chi connectivity index (χ3v) is 4.89. The second-order valence-electron chi connectivity index (χ2n) is 6.14. The van der Waals surface area contributed by atoms with Gasteiger partial charge in [0.25, 0.3) is 0 Å². The zero-order valence-electron chi connectivity index (χ0n) is 15.5. The summed E-state index contributed by atoms with van der Waals surface area (Å²) in [6.07, 6.45) is 0. The molecule has 0 aliphatic heterocycles. The summed E-state index contributed by atoms with van der Waals surface area (Å²) < 4.78 is 41.2. The van der Waals surface area contributed by atoms with Crippen molar-refractivity contribution in [2.45, 2.75) is 0 Å². The van der Waals surface area contributed by atoms with Crippen LogP contribution < -0.4 is 18.6 Å². The van der Waals surface area contributed by atoms with Gasteiger partial charge in [-0.15, -0.1) is 10.2 Å². The second kappa shape index (κ2) is 9.95. The summed E-state index contributed by atoms with van der Waals surface area (Å²) in [7, 11) is -4.94. The monoisotopic (exact) mass is 486 g/mol. The molecule has 0 radical (unpaired) electrons. The standard InChI is InChI=1S/C23H16BrO.ClHO4/c24-22-20(17-10-4-1-5-11-17)16-21(18-12-6-2-7-13-18)25-23(22)19-14-8-3-9-15-19;2-1(3,4)5/h1-16H;(H,2,3,4,5)/q+1;/p-1. The summed E-state index contributed by atoms with van der Waals surface area (Å²) in [6, 6.07) is 32.8. The van der Waals surface area contributed by atoms with Gasteiger partial charge in [0.15, 0.2) is 0 Å². The molecule has 0 fully saturated rings. The molecular weight excluding hydrogens is 472 g/mol. The maximum atomic E-state index is 8.49. The van der Waals surface area contributed by atoms with E-state index in [4.69, 9.17) is 23.1 Å². The van der Waals surface area contributed by atoms with Gasteiger partial charge in [-0.2, -0.15) is 0 Å². The Balaban J connectivity index is 0.000000461. The smallest absolute Gasteiger partial charge is 0.222 e. The SMILES string of the molecule is Brc1c(-c2ccccc2)cc(-c2ccccc2)[o+]c1-c1ccccc1.[O-][Cl+3]([O-])([O-])[O-]. The molecule has 0 N–H and O–H groups in total. The lowest BCUT2D eigenvalue weighted by atomic mass is 10.0. The average Bonchev–Trinajstić information content (AvgIpc) is 2.75. The van der Waals surface area contributed by atoms with Crippen LogP contribution in [-0.2, 0) is 0 Å². The van der Waals surface area contributed by atoms with Crippen LogP contribution in [0.25, 0.3) is 33.8 Å². The lowest BCUT2D eigenvalue weighted by molar-refractivity contribution is -2.00. The van der Waals surface area contributed by atoms with E-state index < -0.39 is 10.2 Å². The number of halogens is 2. The lowest BCUT2D eigenvalue weighted by Crippen LogP contribution is -2.68. The van der Waals surface area contributed by atoms with Gasteiger partial charge in [0, 0.05) is 5.56 Å². The summed E-state index contributed by atoms with van der Waals surface area (Å²) >= 11 is 3.77. The zero-order chi connectivity index (χ0) is 21.6. The van der Waals surface area contributed by atoms with Crippen molar-refractivity contribution < 1.29 is 33.3 Å². The van der Waals surface area contributed by atoms with E-state index in [9.17, 15) is 0 Å². The highest BCUT2D eigenvalue weighted by atomic mass is 79.9. The first kappa shape index (κ1) is 22.1. The summed E-state index contributed by atoms with van der Waals surface area (Å²) in [5.74, 6) is 1.68. The van der Waals surface area contributed by atoms with Crippen LogP contribution in [0.5, 0.6) is 0 Å². The molecule has 0 bridgehead atoms. The maximum absolute atomic E-state index is 8.49. The van der Waals surface area contributed by atoms with Crippen LogP contribution in [0.1, 0.15) is 0 Å². The van der Waals surface area contributed by atoms with Crippen LogP contribution in [0.2, 0.25) is 0 Å². The summed E-state index contributed by atoms with van der Waals surface area (Å²) in [6.45, 7) is 0. The van der Waals surface area contributed by atoms with Crippen LogP contribution >= 0.6 is 15.9 Å². The summed E-state index contributed by atoms with van der Waals surface area (Å²) in [5, 5.41) is 0. The largest absolute Gasteiger partial charge is 0.375 e. The summed E-state index contributed by atoms with van der Waals surface area (Å²) in [5.41, 5.74) is 4.37. The normalized spacial score (nSPS) is 10.8. The fourth-order valence-corrected chi connectivity index (χ4v) is 3.50. The number of rotatable bonds is 3. The van der Waals surface area contributed by atoms with E-state index in [0.29, 0.717) is 0 Å². The van der Waals surface area contributed by atoms with Gasteiger partial charge in [-0.25, -0.2) is 23.1 Å². The third kappa shape index (κ3) is 6.21. The van der Waals surface area contributed by atoms with Crippen LogP contribution in [-0.4, -0.2) is 0 Å². The molecule has 30 heavy (non-hydrogen) atoms. The molecule has 0 atom stereocenters. The van der Waals surface area contributed by atoms with E-state index in [1.165, 1.54) is 0 Å². The van der Waals surface area contributed by atoms with Crippen molar-refractivity contribution in [1.29, 1.82) is 0 Å². The van der Waals surface area contributed by atoms with Gasteiger partial charge >= 0.3 is 11.5 Å². The van der Waals surface area contributed by atoms with Gasteiger partial charge in [-0.05, 0) is 45.8 Å². The van der Waals surface area contributed by atoms with Crippen molar-refractivity contribution in [3.05, 3.63) is 102 Å². The van der Waals surface area contributed by atoms with Gasteiger partial charge in [0.05, 0.1) is 17.2 Å². The van der Waals surface area contributed by atoms with Gasteiger partial charge < -0.3 is 0 Å². The van der Waals surface area contributed by atoms with E-state index in [1.807, 2.05) is 42.5 Å². The van der Waals surface area contributed by atoms with Crippen molar-refractivity contribution in [3.8, 4) is 33.8 Å². The molecular formula is C23H16BrClO5. The first-order chi connectivity index (χ1) is 14.3. The molecule has 0 saturated heterocycles. The van der Waals surface area contributed by atoms with E-state index in [1.54, 1.807) is 0 Å². The molecule has 0 aliphatic carbocycles. The minimum absolute atomic E-state index is 0.834. The Bertz CT molecular complexity index is 1020. The molecule has 4 aromatic rings. The molecule has 152 valence electrons. The number of hydrogen-bond acceptors (Lipinski definition) is 4. The third-order valence-electron chi connectivity index (χ3n) is 4.10. The topological polar surface area (TPSA) is 104 Å². The number of hydrogen-bond donors (Lipinski definition) is 0. The fourth-order valence-electron chi connectivity index (χ4n) is 2.85. The lowest BCUT2D eigenvalue weighted by Gasteiger charge is -2.17. The molecule has 0 spiro atoms. The highest BCUT2D eigenvalue weighted by Crippen LogP contribution is 2.40. The van der Waals surface area contributed by atoms with Crippen molar-refractivity contribution >= 4 is 15.9 Å². The molecule has 1 heterocycles. The molecule has 5 nitrogen and oxygen atoms in total. The Kier molecular flexibility index (Phi) is 7.33. The van der Waals surface area contributed by atoms with Crippen LogP contribution in [0.3, 0.4) is 0 Å². The Morgan fingerprint density at radius 1 is 0.600 bits per heavy atom. The van der Waals surface area contributed by atoms with E-state index in [-0.39, 0.29) is 0 Å². The van der Waals surface area contributed by atoms with Gasteiger partial charge in [0.1, 0.15) is 4.47 Å². The fraction of sp³-hybridized carbons (Fsp3) is 0. The van der Waals surface area contributed by atoms with Crippen LogP contribution in [0.15, 0.2) is 106 Å². The van der Waals surface area contributed by atoms with E-state index in [0.717, 1.165) is 38.2 Å². The van der Waals surface area contributed by atoms with Gasteiger partial charge in [-0.3, -0.25) is 0 Å². The minimum atomic E-state index is -4.94. The van der Waals surface area contributed by atoms with Crippen molar-refractivity contribution in [1.82, 2.24) is 0 Å². The maximum Gasteiger partial charge on any atom is 0.375 e. The Morgan fingerprint density at radius 3 is 1.47 bits per heavy atom. The van der Waals surface area contributed by atoms with Crippen molar-refractivity contribution in [2.24, 2.45) is 0 Å². The first-order valence-electron chi connectivity index (χ1n) is 8.77. The zero-order valence-corrected chi connectivity index (χ0v) is 17.9. The van der Waals surface area contributed by atoms with Gasteiger partial charge in [-0.1, -0.05) is 66.7 Å². The predicted molar refractivity (Wildman–Crippen MR) is 107 cm³/mol. The van der Waals surface area contributed by atoms with Crippen molar-refractivity contribution in [3.63, 3.8) is 0 Å². The summed E-state index contributed by atoms with van der Waals surface area (Å²) in [4.78, 5) is 0. The Labute approximate surface area is 184 Å². The molecule has 0 saturated carbocycles. The highest BCUT2D eigenvalue weighted by molar-refractivity contribution is 9.10. The molecule has 1 aromatic heterocycles. The molecule has 0 aliphatic rings. The first-order valence-corrected chi connectivity index (χ1v) is 10.8.